The molecule has 7 nitrogen and oxygen atoms in total. The summed E-state index contributed by atoms with van der Waals surface area (Å²) in [7, 11) is 1.45. The number of thioether (sulfide) groups is 1. The van der Waals surface area contributed by atoms with Crippen LogP contribution in [0.2, 0.25) is 0 Å². The first-order chi connectivity index (χ1) is 15.0. The summed E-state index contributed by atoms with van der Waals surface area (Å²) in [5.74, 6) is -0.159. The van der Waals surface area contributed by atoms with Gasteiger partial charge in [0.05, 0.1) is 23.0 Å². The molecule has 0 bridgehead atoms. The van der Waals surface area contributed by atoms with E-state index < -0.39 is 10.8 Å². The lowest BCUT2D eigenvalue weighted by atomic mass is 10.1. The molecule has 0 aliphatic carbocycles. The molecule has 2 aromatic carbocycles. The minimum absolute atomic E-state index is 0.000226. The Balaban J connectivity index is 1.52. The van der Waals surface area contributed by atoms with Crippen molar-refractivity contribution in [3.05, 3.63) is 74.0 Å². The molecule has 4 rings (SSSR count). The van der Waals surface area contributed by atoms with Crippen LogP contribution in [0.3, 0.4) is 0 Å². The highest BCUT2D eigenvalue weighted by Gasteiger charge is 2.24. The van der Waals surface area contributed by atoms with Crippen LogP contribution in [0.25, 0.3) is 0 Å². The van der Waals surface area contributed by atoms with Crippen LogP contribution in [0.15, 0.2) is 52.7 Å². The molecule has 160 valence electrons. The van der Waals surface area contributed by atoms with Crippen molar-refractivity contribution in [3.63, 3.8) is 0 Å². The Morgan fingerprint density at radius 2 is 2.03 bits per heavy atom. The molecule has 2 heterocycles. The van der Waals surface area contributed by atoms with Crippen LogP contribution in [-0.2, 0) is 13.0 Å². The number of hydrogen-bond donors (Lipinski definition) is 1. The highest BCUT2D eigenvalue weighted by atomic mass is 32.2. The third kappa shape index (κ3) is 4.38. The molecule has 31 heavy (non-hydrogen) atoms. The van der Waals surface area contributed by atoms with Crippen molar-refractivity contribution in [3.8, 4) is 5.75 Å². The van der Waals surface area contributed by atoms with E-state index in [-0.39, 0.29) is 11.3 Å². The van der Waals surface area contributed by atoms with Crippen molar-refractivity contribution < 1.29 is 14.5 Å². The molecule has 0 spiro atoms. The van der Waals surface area contributed by atoms with E-state index in [1.54, 1.807) is 11.3 Å². The number of amides is 1. The van der Waals surface area contributed by atoms with Crippen molar-refractivity contribution in [2.45, 2.75) is 17.9 Å². The fourth-order valence-electron chi connectivity index (χ4n) is 3.62. The van der Waals surface area contributed by atoms with E-state index in [1.165, 1.54) is 41.4 Å². The lowest BCUT2D eigenvalue weighted by molar-refractivity contribution is -0.385. The topological polar surface area (TPSA) is 84.7 Å². The molecule has 1 aliphatic rings. The van der Waals surface area contributed by atoms with Gasteiger partial charge >= 0.3 is 0 Å². The fraction of sp³-hybridized carbons (Fsp3) is 0.227. The van der Waals surface area contributed by atoms with Crippen molar-refractivity contribution >= 4 is 46.1 Å². The Kier molecular flexibility index (Phi) is 6.15. The molecule has 0 unspecified atom stereocenters. The number of nitro groups is 1. The molecular weight excluding hydrogens is 434 g/mol. The third-order valence-electron chi connectivity index (χ3n) is 5.24. The van der Waals surface area contributed by atoms with E-state index in [4.69, 9.17) is 4.74 Å². The predicted octanol–water partition coefficient (Wildman–Crippen LogP) is 5.20. The third-order valence-corrected chi connectivity index (χ3v) is 7.02. The van der Waals surface area contributed by atoms with Gasteiger partial charge in [0.2, 0.25) is 0 Å². The molecule has 0 fully saturated rings. The number of nitrogens with one attached hydrogen (secondary N) is 1. The summed E-state index contributed by atoms with van der Waals surface area (Å²) in [6, 6.07) is 12.5. The highest BCUT2D eigenvalue weighted by molar-refractivity contribution is 7.98. The van der Waals surface area contributed by atoms with Crippen LogP contribution in [0.4, 0.5) is 17.1 Å². The average molecular weight is 456 g/mol. The van der Waals surface area contributed by atoms with E-state index in [9.17, 15) is 14.9 Å². The predicted molar refractivity (Wildman–Crippen MR) is 125 cm³/mol. The quantitative estimate of drug-likeness (QED) is 0.312. The Labute approximate surface area is 188 Å². The zero-order valence-corrected chi connectivity index (χ0v) is 18.7. The van der Waals surface area contributed by atoms with Gasteiger partial charge in [-0.1, -0.05) is 0 Å². The number of rotatable bonds is 6. The average Bonchev–Trinajstić information content (AvgIpc) is 3.26. The second-order valence-corrected chi connectivity index (χ2v) is 8.87. The molecule has 0 atom stereocenters. The van der Waals surface area contributed by atoms with Gasteiger partial charge in [0.15, 0.2) is 0 Å². The molecule has 0 radical (unpaired) electrons. The Bertz CT molecular complexity index is 1130. The number of nitro benzene ring substituents is 1. The van der Waals surface area contributed by atoms with E-state index in [0.29, 0.717) is 16.3 Å². The number of benzene rings is 2. The van der Waals surface area contributed by atoms with Crippen LogP contribution in [0.1, 0.15) is 20.8 Å². The Morgan fingerprint density at radius 1 is 1.26 bits per heavy atom. The molecular formula is C22H21N3O4S2. The van der Waals surface area contributed by atoms with E-state index in [2.05, 4.69) is 21.7 Å². The number of fused-ring (bicyclic) bond motifs is 1. The Morgan fingerprint density at radius 3 is 2.71 bits per heavy atom. The number of hydrogen-bond acceptors (Lipinski definition) is 7. The van der Waals surface area contributed by atoms with Gasteiger partial charge in [0.1, 0.15) is 11.3 Å². The number of methoxy groups -OCH3 is 1. The first-order valence-electron chi connectivity index (χ1n) is 9.62. The second kappa shape index (κ2) is 8.99. The maximum Gasteiger partial charge on any atom is 0.285 e. The number of carbonyl (C=O) groups excluding carboxylic acids is 1. The standard InChI is InChI=1S/C22H21N3O4S2/c1-29-19-12-18(25(27)28)17(11-21(19)30-2)22(26)23-15-3-5-16(6-4-15)24-9-7-20-14(13-24)8-10-31-20/h3-6,8,10-12H,7,9,13H2,1-2H3,(H,23,26). The minimum atomic E-state index is -0.570. The second-order valence-electron chi connectivity index (χ2n) is 7.02. The normalized spacial score (nSPS) is 12.9. The lowest BCUT2D eigenvalue weighted by Crippen LogP contribution is -2.29. The van der Waals surface area contributed by atoms with Gasteiger partial charge in [0.25, 0.3) is 11.6 Å². The van der Waals surface area contributed by atoms with Crippen LogP contribution in [0.5, 0.6) is 5.75 Å². The van der Waals surface area contributed by atoms with Crippen molar-refractivity contribution in [2.75, 3.05) is 30.1 Å². The summed E-state index contributed by atoms with van der Waals surface area (Å²) in [5.41, 5.74) is 2.74. The van der Waals surface area contributed by atoms with Gasteiger partial charge < -0.3 is 15.0 Å². The van der Waals surface area contributed by atoms with E-state index >= 15 is 0 Å². The van der Waals surface area contributed by atoms with Gasteiger partial charge in [-0.2, -0.15) is 0 Å². The summed E-state index contributed by atoms with van der Waals surface area (Å²) in [5, 5.41) is 16.4. The fourth-order valence-corrected chi connectivity index (χ4v) is 5.09. The number of thiophene rings is 1. The molecule has 1 aromatic heterocycles. The highest BCUT2D eigenvalue weighted by Crippen LogP contribution is 2.35. The van der Waals surface area contributed by atoms with Gasteiger partial charge in [0, 0.05) is 29.3 Å². The minimum Gasteiger partial charge on any atom is -0.495 e. The van der Waals surface area contributed by atoms with Crippen molar-refractivity contribution in [1.29, 1.82) is 0 Å². The van der Waals surface area contributed by atoms with Gasteiger partial charge in [-0.3, -0.25) is 14.9 Å². The summed E-state index contributed by atoms with van der Waals surface area (Å²) in [6.07, 6.45) is 2.86. The molecule has 3 aromatic rings. The molecule has 9 heteroatoms. The van der Waals surface area contributed by atoms with E-state index in [1.807, 2.05) is 30.5 Å². The summed E-state index contributed by atoms with van der Waals surface area (Å²) < 4.78 is 5.21. The number of anilines is 2. The smallest absolute Gasteiger partial charge is 0.285 e. The van der Waals surface area contributed by atoms with Crippen molar-refractivity contribution in [1.82, 2.24) is 0 Å². The molecule has 1 N–H and O–H groups in total. The number of nitrogens with zero attached hydrogens (tertiary/aromatic N) is 2. The zero-order valence-electron chi connectivity index (χ0n) is 17.1. The lowest BCUT2D eigenvalue weighted by Gasteiger charge is -2.29. The largest absolute Gasteiger partial charge is 0.495 e. The molecule has 1 amide bonds. The first-order valence-corrected chi connectivity index (χ1v) is 11.7. The van der Waals surface area contributed by atoms with Crippen LogP contribution in [-0.4, -0.2) is 30.7 Å². The maximum atomic E-state index is 12.8. The molecule has 0 saturated carbocycles. The SMILES string of the molecule is COc1cc([N+](=O)[O-])c(C(=O)Nc2ccc(N3CCc4sccc4C3)cc2)cc1SC. The summed E-state index contributed by atoms with van der Waals surface area (Å²) in [4.78, 5) is 28.2. The first kappa shape index (κ1) is 21.2. The van der Waals surface area contributed by atoms with E-state index in [0.717, 1.165) is 25.2 Å². The molecule has 1 aliphatic heterocycles. The van der Waals surface area contributed by atoms with Gasteiger partial charge in [-0.05, 0) is 60.0 Å². The summed E-state index contributed by atoms with van der Waals surface area (Å²) >= 11 is 3.17. The van der Waals surface area contributed by atoms with Crippen LogP contribution in [0, 0.1) is 10.1 Å². The summed E-state index contributed by atoms with van der Waals surface area (Å²) in [6.45, 7) is 1.83. The maximum absolute atomic E-state index is 12.8. The number of ether oxygens (including phenoxy) is 1. The van der Waals surface area contributed by atoms with Gasteiger partial charge in [-0.25, -0.2) is 0 Å². The van der Waals surface area contributed by atoms with Crippen LogP contribution >= 0.6 is 23.1 Å². The number of carbonyl (C=O) groups is 1. The zero-order chi connectivity index (χ0) is 22.0. The monoisotopic (exact) mass is 455 g/mol. The van der Waals surface area contributed by atoms with Crippen LogP contribution < -0.4 is 15.0 Å². The van der Waals surface area contributed by atoms with Crippen molar-refractivity contribution in [2.24, 2.45) is 0 Å². The molecule has 0 saturated heterocycles. The Hall–Kier alpha value is -3.04. The van der Waals surface area contributed by atoms with Gasteiger partial charge in [-0.15, -0.1) is 23.1 Å².